The molecule has 1 N–H and O–H groups in total. The van der Waals surface area contributed by atoms with Crippen LogP contribution in [0.5, 0.6) is 0 Å². The summed E-state index contributed by atoms with van der Waals surface area (Å²) in [5.41, 5.74) is 0. The molecule has 4 heteroatoms. The van der Waals surface area contributed by atoms with Crippen molar-refractivity contribution in [1.29, 1.82) is 0 Å². The number of rotatable bonds is 0. The Morgan fingerprint density at radius 2 is 0.900 bits per heavy atom. The van der Waals surface area contributed by atoms with Crippen molar-refractivity contribution in [2.75, 3.05) is 0 Å². The first-order valence-corrected chi connectivity index (χ1v) is 5.20. The van der Waals surface area contributed by atoms with E-state index in [0.717, 1.165) is 0 Å². The van der Waals surface area contributed by atoms with Gasteiger partial charge >= 0.3 is 21.1 Å². The van der Waals surface area contributed by atoms with Crippen LogP contribution in [0.4, 0.5) is 0 Å². The summed E-state index contributed by atoms with van der Waals surface area (Å²) in [6.07, 6.45) is 0. The number of benzene rings is 1. The van der Waals surface area contributed by atoms with Gasteiger partial charge in [0.2, 0.25) is 0 Å². The second-order valence-corrected chi connectivity index (χ2v) is 2.50. The van der Waals surface area contributed by atoms with Crippen LogP contribution in [0.3, 0.4) is 0 Å². The number of hydrogen-bond donors (Lipinski definition) is 1. The number of halogens is 1. The molecule has 0 unspecified atom stereocenters. The summed E-state index contributed by atoms with van der Waals surface area (Å²) in [5.74, 6) is 0. The van der Waals surface area contributed by atoms with Crippen LogP contribution in [-0.4, -0.2) is 3.44 Å². The first kappa shape index (κ1) is 9.83. The Balaban J connectivity index is 0.000000180. The van der Waals surface area contributed by atoms with Crippen LogP contribution in [0.15, 0.2) is 36.4 Å². The maximum Gasteiger partial charge on any atom is 0.503 e. The lowest BCUT2D eigenvalue weighted by molar-refractivity contribution is -1.63. The quantitative estimate of drug-likeness (QED) is 0.477. The Morgan fingerprint density at radius 1 is 0.800 bits per heavy atom. The summed E-state index contributed by atoms with van der Waals surface area (Å²) in [4.78, 5) is 0. The molecule has 0 amide bonds. The molecular weight excluding hydrogens is 247 g/mol. The Labute approximate surface area is 68.0 Å². The topological polar surface area (TPSA) is 66.3 Å². The van der Waals surface area contributed by atoms with Crippen molar-refractivity contribution in [2.24, 2.45) is 0 Å². The van der Waals surface area contributed by atoms with Gasteiger partial charge in [-0.3, -0.25) is 0 Å². The van der Waals surface area contributed by atoms with Crippen molar-refractivity contribution in [1.82, 2.24) is 0 Å². The van der Waals surface area contributed by atoms with E-state index in [9.17, 15) is 0 Å². The lowest BCUT2D eigenvalue weighted by Crippen LogP contribution is -3.98. The second-order valence-electron chi connectivity index (χ2n) is 1.36. The van der Waals surface area contributed by atoms with Crippen LogP contribution >= 0.6 is 0 Å². The van der Waals surface area contributed by atoms with Crippen LogP contribution in [-0.2, 0) is 0 Å². The van der Waals surface area contributed by atoms with Gasteiger partial charge in [-0.05, 0) is 3.44 Å². The average Bonchev–Trinajstić information content (AvgIpc) is 1.90. The van der Waals surface area contributed by atoms with Crippen molar-refractivity contribution in [3.05, 3.63) is 36.4 Å². The molecule has 0 saturated heterocycles. The van der Waals surface area contributed by atoms with Crippen molar-refractivity contribution >= 4 is 0 Å². The summed E-state index contributed by atoms with van der Waals surface area (Å²) in [6, 6.07) is 12.0. The fourth-order valence-corrected chi connectivity index (χ4v) is 0.385. The summed E-state index contributed by atoms with van der Waals surface area (Å²) in [6.45, 7) is 0. The van der Waals surface area contributed by atoms with Gasteiger partial charge in [-0.25, -0.2) is 0 Å². The molecule has 1 aromatic rings. The Bertz CT molecular complexity index is 113. The van der Waals surface area contributed by atoms with Crippen molar-refractivity contribution in [2.45, 2.75) is 0 Å². The standard InChI is InChI=1S/C6H6.HIO3/c1-2-4-6-5-3-1;2-1(3)4/h1-6H;2H. The maximum absolute atomic E-state index is 8.68. The number of hydrogen-bond acceptors (Lipinski definition) is 3. The molecule has 0 aliphatic heterocycles. The van der Waals surface area contributed by atoms with E-state index in [-0.39, 0.29) is 0 Å². The van der Waals surface area contributed by atoms with E-state index < -0.39 is 21.1 Å². The van der Waals surface area contributed by atoms with E-state index >= 15 is 0 Å². The van der Waals surface area contributed by atoms with E-state index in [1.165, 1.54) is 0 Å². The molecule has 0 aromatic heterocycles. The highest BCUT2D eigenvalue weighted by atomic mass is 127. The van der Waals surface area contributed by atoms with Crippen LogP contribution in [0.1, 0.15) is 0 Å². The monoisotopic (exact) mass is 254 g/mol. The molecule has 0 heterocycles. The molecule has 0 aliphatic carbocycles. The van der Waals surface area contributed by atoms with E-state index in [1.807, 2.05) is 36.4 Å². The third kappa shape index (κ3) is 10.7. The van der Waals surface area contributed by atoms with Gasteiger partial charge in [0.25, 0.3) is 0 Å². The van der Waals surface area contributed by atoms with Gasteiger partial charge < -0.3 is 6.87 Å². The Morgan fingerprint density at radius 3 is 1.00 bits per heavy atom. The smallest absolute Gasteiger partial charge is 0.396 e. The van der Waals surface area contributed by atoms with Crippen LogP contribution in [0, 0.1) is 0 Å². The van der Waals surface area contributed by atoms with Gasteiger partial charge in [0, 0.05) is 0 Å². The van der Waals surface area contributed by atoms with Crippen molar-refractivity contribution in [3.63, 3.8) is 0 Å². The van der Waals surface area contributed by atoms with Gasteiger partial charge in [0.05, 0.1) is 0 Å². The third-order valence-electron chi connectivity index (χ3n) is 0.667. The fourth-order valence-electron chi connectivity index (χ4n) is 0.385. The highest BCUT2D eigenvalue weighted by Crippen LogP contribution is 1.79. The van der Waals surface area contributed by atoms with E-state index in [0.29, 0.717) is 0 Å². The summed E-state index contributed by atoms with van der Waals surface area (Å²) in [7, 11) is 0. The summed E-state index contributed by atoms with van der Waals surface area (Å²) < 4.78 is 24.5. The summed E-state index contributed by atoms with van der Waals surface area (Å²) in [5, 5.41) is 0. The Hall–Kier alpha value is -0.170. The zero-order chi connectivity index (χ0) is 7.82. The van der Waals surface area contributed by atoms with Crippen molar-refractivity contribution < 1.29 is 31.4 Å². The molecule has 56 valence electrons. The van der Waals surface area contributed by atoms with Crippen LogP contribution in [0.25, 0.3) is 0 Å². The SMILES string of the molecule is [O-][I+2]([O-])O.c1ccccc1. The lowest BCUT2D eigenvalue weighted by atomic mass is 10.4. The van der Waals surface area contributed by atoms with Gasteiger partial charge in [0.1, 0.15) is 0 Å². The average molecular weight is 254 g/mol. The molecule has 10 heavy (non-hydrogen) atoms. The van der Waals surface area contributed by atoms with E-state index in [4.69, 9.17) is 10.3 Å². The second kappa shape index (κ2) is 6.94. The van der Waals surface area contributed by atoms with Crippen LogP contribution < -0.4 is 27.9 Å². The minimum atomic E-state index is -3.76. The minimum absolute atomic E-state index is 2.00. The first-order chi connectivity index (χ1) is 4.73. The minimum Gasteiger partial charge on any atom is -0.396 e. The van der Waals surface area contributed by atoms with Gasteiger partial charge in [0.15, 0.2) is 0 Å². The molecular formula is C6H7IO3. The fraction of sp³-hybridized carbons (Fsp3) is 0. The van der Waals surface area contributed by atoms with Gasteiger partial charge in [-0.2, -0.15) is 0 Å². The first-order valence-electron chi connectivity index (χ1n) is 2.48. The van der Waals surface area contributed by atoms with E-state index in [2.05, 4.69) is 0 Å². The maximum atomic E-state index is 8.68. The molecule has 0 radical (unpaired) electrons. The lowest BCUT2D eigenvalue weighted by Gasteiger charge is -1.69. The molecule has 0 bridgehead atoms. The molecule has 3 nitrogen and oxygen atoms in total. The predicted octanol–water partition coefficient (Wildman–Crippen LogP) is -4.24. The zero-order valence-electron chi connectivity index (χ0n) is 5.11. The molecule has 1 aromatic carbocycles. The van der Waals surface area contributed by atoms with Crippen molar-refractivity contribution in [3.8, 4) is 0 Å². The van der Waals surface area contributed by atoms with Gasteiger partial charge in [-0.1, -0.05) is 36.4 Å². The molecule has 0 spiro atoms. The highest BCUT2D eigenvalue weighted by molar-refractivity contribution is 4.99. The molecule has 0 aliphatic rings. The largest absolute Gasteiger partial charge is 0.503 e. The molecule has 0 atom stereocenters. The summed E-state index contributed by atoms with van der Waals surface area (Å²) >= 11 is -3.76. The highest BCUT2D eigenvalue weighted by Gasteiger charge is 1.89. The molecule has 0 saturated carbocycles. The Kier molecular flexibility index (Phi) is 6.83. The predicted molar refractivity (Wildman–Crippen MR) is 28.7 cm³/mol. The van der Waals surface area contributed by atoms with Crippen LogP contribution in [0.2, 0.25) is 0 Å². The molecule has 0 fully saturated rings. The normalized spacial score (nSPS) is 8.40. The zero-order valence-corrected chi connectivity index (χ0v) is 7.26. The molecule has 1 rings (SSSR count). The van der Waals surface area contributed by atoms with Gasteiger partial charge in [-0.15, -0.1) is 0 Å². The third-order valence-corrected chi connectivity index (χ3v) is 0.667. The van der Waals surface area contributed by atoms with E-state index in [1.54, 1.807) is 0 Å².